The molecule has 0 saturated carbocycles. The Balaban J connectivity index is 2.36. The maximum Gasteiger partial charge on any atom is 0.122 e. The molecule has 0 fully saturated rings. The van der Waals surface area contributed by atoms with Gasteiger partial charge < -0.3 is 4.52 Å². The molecule has 0 N–H and O–H groups in total. The fourth-order valence-electron chi connectivity index (χ4n) is 1.78. The Labute approximate surface area is 75.4 Å². The molecule has 64 valence electrons. The van der Waals surface area contributed by atoms with Crippen LogP contribution in [0.15, 0.2) is 18.2 Å². The zero-order chi connectivity index (χ0) is 8.39. The Bertz CT molecular complexity index is 283. The van der Waals surface area contributed by atoms with Crippen molar-refractivity contribution in [2.45, 2.75) is 25.7 Å². The molecule has 1 aliphatic carbocycles. The Morgan fingerprint density at radius 1 is 1.08 bits per heavy atom. The maximum atomic E-state index is 5.10. The zero-order valence-corrected chi connectivity index (χ0v) is 8.20. The van der Waals surface area contributed by atoms with Crippen LogP contribution in [0.25, 0.3) is 0 Å². The van der Waals surface area contributed by atoms with E-state index in [2.05, 4.69) is 21.6 Å². The molecule has 2 rings (SSSR count). The van der Waals surface area contributed by atoms with E-state index in [0.717, 1.165) is 5.75 Å². The lowest BCUT2D eigenvalue weighted by Crippen LogP contribution is -2.01. The van der Waals surface area contributed by atoms with Crippen LogP contribution >= 0.6 is 9.47 Å². The van der Waals surface area contributed by atoms with E-state index in [-0.39, 0.29) is 0 Å². The molecule has 0 spiro atoms. The first kappa shape index (κ1) is 8.07. The number of fused-ring (bicyclic) bond motifs is 1. The van der Waals surface area contributed by atoms with Crippen molar-refractivity contribution in [3.8, 4) is 5.75 Å². The van der Waals surface area contributed by atoms with Crippen molar-refractivity contribution in [3.63, 3.8) is 0 Å². The Morgan fingerprint density at radius 2 is 1.83 bits per heavy atom. The van der Waals surface area contributed by atoms with Crippen LogP contribution < -0.4 is 4.52 Å². The summed E-state index contributed by atoms with van der Waals surface area (Å²) in [6.45, 7) is 0. The maximum absolute atomic E-state index is 5.10. The van der Waals surface area contributed by atoms with Gasteiger partial charge in [-0.1, -0.05) is 6.07 Å². The van der Waals surface area contributed by atoms with Gasteiger partial charge in [0.25, 0.3) is 0 Å². The van der Waals surface area contributed by atoms with Gasteiger partial charge in [0.1, 0.15) is 5.75 Å². The van der Waals surface area contributed by atoms with Gasteiger partial charge in [0.2, 0.25) is 0 Å². The minimum absolute atomic E-state index is 0.959. The topological polar surface area (TPSA) is 9.23 Å². The van der Waals surface area contributed by atoms with Gasteiger partial charge in [0.05, 0.1) is 9.47 Å². The second kappa shape index (κ2) is 3.45. The summed E-state index contributed by atoms with van der Waals surface area (Å²) in [4.78, 5) is 0. The summed E-state index contributed by atoms with van der Waals surface area (Å²) in [5, 5.41) is 0. The fraction of sp³-hybridized carbons (Fsp3) is 0.400. The molecule has 1 nitrogen and oxygen atoms in total. The van der Waals surface area contributed by atoms with Gasteiger partial charge in [0, 0.05) is 0 Å². The first-order valence-electron chi connectivity index (χ1n) is 4.38. The van der Waals surface area contributed by atoms with Crippen LogP contribution in [-0.2, 0) is 12.8 Å². The minimum atomic E-state index is 0.959. The summed E-state index contributed by atoms with van der Waals surface area (Å²) in [5.41, 5.74) is 2.98. The molecule has 0 aliphatic heterocycles. The third kappa shape index (κ3) is 1.47. The fourth-order valence-corrected chi connectivity index (χ4v) is 1.93. The highest BCUT2D eigenvalue weighted by atomic mass is 31.0. The number of benzene rings is 1. The van der Waals surface area contributed by atoms with E-state index in [4.69, 9.17) is 4.52 Å². The molecule has 0 radical (unpaired) electrons. The van der Waals surface area contributed by atoms with Crippen molar-refractivity contribution in [1.82, 2.24) is 0 Å². The van der Waals surface area contributed by atoms with Gasteiger partial charge >= 0.3 is 0 Å². The van der Waals surface area contributed by atoms with Crippen LogP contribution in [0, 0.1) is 0 Å². The van der Waals surface area contributed by atoms with E-state index in [1.165, 1.54) is 36.8 Å². The van der Waals surface area contributed by atoms with E-state index >= 15 is 0 Å². The monoisotopic (exact) mass is 180 g/mol. The Morgan fingerprint density at radius 3 is 2.58 bits per heavy atom. The number of hydrogen-bond acceptors (Lipinski definition) is 1. The highest BCUT2D eigenvalue weighted by Gasteiger charge is 2.08. The van der Waals surface area contributed by atoms with E-state index in [9.17, 15) is 0 Å². The van der Waals surface area contributed by atoms with Crippen LogP contribution in [0.1, 0.15) is 24.0 Å². The highest BCUT2D eigenvalue weighted by Crippen LogP contribution is 2.25. The first-order chi connectivity index (χ1) is 5.90. The molecule has 1 unspecified atom stereocenters. The summed E-state index contributed by atoms with van der Waals surface area (Å²) >= 11 is 0. The zero-order valence-electron chi connectivity index (χ0n) is 7.05. The summed E-state index contributed by atoms with van der Waals surface area (Å²) in [7, 11) is 2.29. The number of rotatable bonds is 1. The summed E-state index contributed by atoms with van der Waals surface area (Å²) < 4.78 is 5.10. The molecule has 2 heteroatoms. The van der Waals surface area contributed by atoms with E-state index < -0.39 is 0 Å². The van der Waals surface area contributed by atoms with Gasteiger partial charge in [-0.15, -0.1) is 0 Å². The molecule has 0 aromatic heterocycles. The number of aryl methyl sites for hydroxylation is 2. The van der Waals surface area contributed by atoms with Gasteiger partial charge in [-0.05, 0) is 48.9 Å². The predicted octanol–water partition coefficient (Wildman–Crippen LogP) is 2.73. The largest absolute Gasteiger partial charge is 0.480 e. The second-order valence-corrected chi connectivity index (χ2v) is 3.49. The predicted molar refractivity (Wildman–Crippen MR) is 53.4 cm³/mol. The molecule has 1 aromatic carbocycles. The van der Waals surface area contributed by atoms with Crippen molar-refractivity contribution < 1.29 is 4.52 Å². The highest BCUT2D eigenvalue weighted by molar-refractivity contribution is 7.10. The SMILES string of the molecule is POc1ccc2c(c1)CCCC2. The lowest BCUT2D eigenvalue weighted by atomic mass is 9.92. The van der Waals surface area contributed by atoms with Crippen LogP contribution in [-0.4, -0.2) is 0 Å². The molecule has 0 amide bonds. The first-order valence-corrected chi connectivity index (χ1v) is 4.86. The molecule has 0 saturated heterocycles. The third-order valence-electron chi connectivity index (χ3n) is 2.46. The molecule has 1 aromatic rings. The van der Waals surface area contributed by atoms with Crippen LogP contribution in [0.4, 0.5) is 0 Å². The lowest BCUT2D eigenvalue weighted by Gasteiger charge is -2.15. The second-order valence-electron chi connectivity index (χ2n) is 3.26. The molecule has 0 heterocycles. The van der Waals surface area contributed by atoms with Crippen molar-refractivity contribution >= 4 is 9.47 Å². The van der Waals surface area contributed by atoms with Crippen molar-refractivity contribution in [1.29, 1.82) is 0 Å². The lowest BCUT2D eigenvalue weighted by molar-refractivity contribution is 0.633. The van der Waals surface area contributed by atoms with Crippen molar-refractivity contribution in [2.24, 2.45) is 0 Å². The summed E-state index contributed by atoms with van der Waals surface area (Å²) in [5.74, 6) is 0.959. The van der Waals surface area contributed by atoms with Crippen LogP contribution in [0.3, 0.4) is 0 Å². The molecule has 0 bridgehead atoms. The van der Waals surface area contributed by atoms with Gasteiger partial charge in [-0.25, -0.2) is 0 Å². The van der Waals surface area contributed by atoms with Crippen LogP contribution in [0.2, 0.25) is 0 Å². The third-order valence-corrected chi connectivity index (χ3v) is 2.73. The van der Waals surface area contributed by atoms with Gasteiger partial charge in [-0.3, -0.25) is 0 Å². The molecular formula is C10H13OP. The normalized spacial score (nSPS) is 15.4. The van der Waals surface area contributed by atoms with E-state index in [0.29, 0.717) is 0 Å². The van der Waals surface area contributed by atoms with E-state index in [1.807, 2.05) is 6.07 Å². The quantitative estimate of drug-likeness (QED) is 0.604. The van der Waals surface area contributed by atoms with E-state index in [1.54, 1.807) is 0 Å². The summed E-state index contributed by atoms with van der Waals surface area (Å²) in [6, 6.07) is 6.38. The van der Waals surface area contributed by atoms with Crippen molar-refractivity contribution in [2.75, 3.05) is 0 Å². The summed E-state index contributed by atoms with van der Waals surface area (Å²) in [6.07, 6.45) is 5.13. The molecule has 1 atom stereocenters. The molecular weight excluding hydrogens is 167 g/mol. The average Bonchev–Trinajstić information content (AvgIpc) is 2.17. The number of hydrogen-bond donors (Lipinski definition) is 0. The Hall–Kier alpha value is -0.550. The van der Waals surface area contributed by atoms with Gasteiger partial charge in [-0.2, -0.15) is 0 Å². The average molecular weight is 180 g/mol. The van der Waals surface area contributed by atoms with Crippen LogP contribution in [0.5, 0.6) is 5.75 Å². The van der Waals surface area contributed by atoms with Gasteiger partial charge in [0.15, 0.2) is 0 Å². The Kier molecular flexibility index (Phi) is 2.32. The van der Waals surface area contributed by atoms with Crippen molar-refractivity contribution in [3.05, 3.63) is 29.3 Å². The smallest absolute Gasteiger partial charge is 0.122 e. The molecule has 1 aliphatic rings. The minimum Gasteiger partial charge on any atom is -0.480 e. The molecule has 12 heavy (non-hydrogen) atoms. The standard InChI is InChI=1S/C10H13OP/c12-11-10-6-5-8-3-1-2-4-9(8)7-10/h5-7H,1-4,12H2.